The lowest BCUT2D eigenvalue weighted by Crippen LogP contribution is -2.38. The first kappa shape index (κ1) is 7.56. The third kappa shape index (κ3) is 1.18. The maximum Gasteiger partial charge on any atom is 0.0519 e. The van der Waals surface area contributed by atoms with Gasteiger partial charge < -0.3 is 4.74 Å². The van der Waals surface area contributed by atoms with Crippen LogP contribution >= 0.6 is 0 Å². The van der Waals surface area contributed by atoms with E-state index in [1.54, 1.807) is 0 Å². The Kier molecular flexibility index (Phi) is 1.65. The maximum absolute atomic E-state index is 5.24. The number of hydrogen-bond donors (Lipinski definition) is 0. The molecule has 1 saturated heterocycles. The third-order valence-electron chi connectivity index (χ3n) is 3.32. The predicted molar refractivity (Wildman–Crippen MR) is 48.3 cm³/mol. The summed E-state index contributed by atoms with van der Waals surface area (Å²) < 4.78 is 7.37. The van der Waals surface area contributed by atoms with Gasteiger partial charge in [-0.1, -0.05) is 0 Å². The minimum Gasteiger partial charge on any atom is -0.381 e. The predicted octanol–water partition coefficient (Wildman–Crippen LogP) is 1.09. The Balaban J connectivity index is 1.76. The molecule has 0 N–H and O–H groups in total. The van der Waals surface area contributed by atoms with Gasteiger partial charge in [0.25, 0.3) is 0 Å². The van der Waals surface area contributed by atoms with Crippen molar-refractivity contribution in [1.82, 2.24) is 9.78 Å². The molecule has 0 radical (unpaired) electrons. The van der Waals surface area contributed by atoms with Crippen molar-refractivity contribution in [3.8, 4) is 0 Å². The van der Waals surface area contributed by atoms with Gasteiger partial charge in [0.05, 0.1) is 13.2 Å². The van der Waals surface area contributed by atoms with Crippen LogP contribution in [0.15, 0.2) is 12.3 Å². The van der Waals surface area contributed by atoms with Crippen molar-refractivity contribution in [1.29, 1.82) is 0 Å². The molecule has 3 rings (SSSR count). The van der Waals surface area contributed by atoms with Crippen molar-refractivity contribution in [3.63, 3.8) is 0 Å². The average Bonchev–Trinajstić information content (AvgIpc) is 2.47. The van der Waals surface area contributed by atoms with E-state index in [1.165, 1.54) is 18.5 Å². The van der Waals surface area contributed by atoms with E-state index in [-0.39, 0.29) is 0 Å². The van der Waals surface area contributed by atoms with E-state index < -0.39 is 0 Å². The van der Waals surface area contributed by atoms with Crippen molar-refractivity contribution < 1.29 is 4.74 Å². The fourth-order valence-corrected chi connectivity index (χ4v) is 2.32. The Bertz CT molecular complexity index is 304. The third-order valence-corrected chi connectivity index (χ3v) is 3.32. The summed E-state index contributed by atoms with van der Waals surface area (Å²) in [6.45, 7) is 3.07. The lowest BCUT2D eigenvalue weighted by molar-refractivity contribution is -0.0654. The van der Waals surface area contributed by atoms with Crippen LogP contribution in [-0.2, 0) is 17.7 Å². The number of aryl methyl sites for hydroxylation is 1. The summed E-state index contributed by atoms with van der Waals surface area (Å²) >= 11 is 0. The number of fused-ring (bicyclic) bond motifs is 1. The second-order valence-corrected chi connectivity index (χ2v) is 4.10. The average molecular weight is 178 g/mol. The highest BCUT2D eigenvalue weighted by Gasteiger charge is 2.31. The first-order valence-corrected chi connectivity index (χ1v) is 5.02. The lowest BCUT2D eigenvalue weighted by atomic mass is 9.83. The molecule has 1 aromatic rings. The second-order valence-electron chi connectivity index (χ2n) is 4.10. The van der Waals surface area contributed by atoms with Gasteiger partial charge in [0, 0.05) is 24.4 Å². The SMILES string of the molecule is c1cc2n(n1)CCC(C1COC1)C2. The molecule has 70 valence electrons. The van der Waals surface area contributed by atoms with Crippen LogP contribution in [0, 0.1) is 11.8 Å². The number of aromatic nitrogens is 2. The summed E-state index contributed by atoms with van der Waals surface area (Å²) in [7, 11) is 0. The summed E-state index contributed by atoms with van der Waals surface area (Å²) in [5, 5.41) is 4.28. The van der Waals surface area contributed by atoms with E-state index in [1.807, 2.05) is 6.20 Å². The zero-order chi connectivity index (χ0) is 8.67. The molecule has 3 heteroatoms. The van der Waals surface area contributed by atoms with Crippen LogP contribution in [0.5, 0.6) is 0 Å². The Morgan fingerprint density at radius 3 is 3.08 bits per heavy atom. The fourth-order valence-electron chi connectivity index (χ4n) is 2.32. The zero-order valence-electron chi connectivity index (χ0n) is 7.65. The van der Waals surface area contributed by atoms with Crippen LogP contribution in [0.3, 0.4) is 0 Å². The van der Waals surface area contributed by atoms with E-state index in [9.17, 15) is 0 Å². The first-order valence-electron chi connectivity index (χ1n) is 5.02. The monoisotopic (exact) mass is 178 g/mol. The molecule has 1 unspecified atom stereocenters. The zero-order valence-corrected chi connectivity index (χ0v) is 7.65. The molecule has 0 aromatic carbocycles. The van der Waals surface area contributed by atoms with Crippen LogP contribution in [0.4, 0.5) is 0 Å². The maximum atomic E-state index is 5.24. The summed E-state index contributed by atoms with van der Waals surface area (Å²) in [5.41, 5.74) is 1.41. The van der Waals surface area contributed by atoms with Crippen molar-refractivity contribution in [3.05, 3.63) is 18.0 Å². The van der Waals surface area contributed by atoms with Gasteiger partial charge in [-0.15, -0.1) is 0 Å². The molecular weight excluding hydrogens is 164 g/mol. The molecule has 1 fully saturated rings. The van der Waals surface area contributed by atoms with Gasteiger partial charge in [-0.05, 0) is 24.8 Å². The largest absolute Gasteiger partial charge is 0.381 e. The topological polar surface area (TPSA) is 27.1 Å². The summed E-state index contributed by atoms with van der Waals surface area (Å²) in [6, 6.07) is 2.14. The van der Waals surface area contributed by atoms with Gasteiger partial charge in [0.15, 0.2) is 0 Å². The molecule has 1 atom stereocenters. The van der Waals surface area contributed by atoms with E-state index in [0.717, 1.165) is 31.6 Å². The van der Waals surface area contributed by atoms with Crippen molar-refractivity contribution in [2.45, 2.75) is 19.4 Å². The van der Waals surface area contributed by atoms with E-state index in [0.29, 0.717) is 0 Å². The van der Waals surface area contributed by atoms with Crippen LogP contribution in [0.25, 0.3) is 0 Å². The summed E-state index contributed by atoms with van der Waals surface area (Å²) in [5.74, 6) is 1.67. The first-order chi connectivity index (χ1) is 6.43. The normalized spacial score (nSPS) is 28.2. The number of nitrogens with zero attached hydrogens (tertiary/aromatic N) is 2. The van der Waals surface area contributed by atoms with Crippen molar-refractivity contribution in [2.24, 2.45) is 11.8 Å². The van der Waals surface area contributed by atoms with Gasteiger partial charge in [-0.2, -0.15) is 5.10 Å². The van der Waals surface area contributed by atoms with Crippen LogP contribution in [-0.4, -0.2) is 23.0 Å². The minimum atomic E-state index is 0.823. The van der Waals surface area contributed by atoms with E-state index >= 15 is 0 Å². The molecule has 0 amide bonds. The summed E-state index contributed by atoms with van der Waals surface area (Å²) in [6.07, 6.45) is 4.39. The van der Waals surface area contributed by atoms with Gasteiger partial charge in [0.1, 0.15) is 0 Å². The highest BCUT2D eigenvalue weighted by atomic mass is 16.5. The molecule has 3 nitrogen and oxygen atoms in total. The molecule has 0 saturated carbocycles. The number of ether oxygens (including phenoxy) is 1. The molecular formula is C10H14N2O. The highest BCUT2D eigenvalue weighted by Crippen LogP contribution is 2.30. The van der Waals surface area contributed by atoms with Gasteiger partial charge in [-0.25, -0.2) is 0 Å². The highest BCUT2D eigenvalue weighted by molar-refractivity contribution is 5.05. The molecule has 2 aliphatic rings. The molecule has 0 bridgehead atoms. The number of hydrogen-bond acceptors (Lipinski definition) is 2. The van der Waals surface area contributed by atoms with Crippen molar-refractivity contribution in [2.75, 3.05) is 13.2 Å². The smallest absolute Gasteiger partial charge is 0.0519 e. The Hall–Kier alpha value is -0.830. The minimum absolute atomic E-state index is 0.823. The molecule has 0 aliphatic carbocycles. The fraction of sp³-hybridized carbons (Fsp3) is 0.700. The number of rotatable bonds is 1. The van der Waals surface area contributed by atoms with Gasteiger partial charge in [-0.3, -0.25) is 4.68 Å². The van der Waals surface area contributed by atoms with Crippen LogP contribution in [0.1, 0.15) is 12.1 Å². The molecule has 3 heterocycles. The second kappa shape index (κ2) is 2.84. The molecule has 1 aromatic heterocycles. The molecule has 2 aliphatic heterocycles. The Morgan fingerprint density at radius 2 is 2.31 bits per heavy atom. The summed E-state index contributed by atoms with van der Waals surface area (Å²) in [4.78, 5) is 0. The Labute approximate surface area is 77.7 Å². The Morgan fingerprint density at radius 1 is 1.38 bits per heavy atom. The van der Waals surface area contributed by atoms with Crippen molar-refractivity contribution >= 4 is 0 Å². The quantitative estimate of drug-likeness (QED) is 0.643. The van der Waals surface area contributed by atoms with E-state index in [4.69, 9.17) is 4.74 Å². The molecule has 13 heavy (non-hydrogen) atoms. The van der Waals surface area contributed by atoms with E-state index in [2.05, 4.69) is 15.8 Å². The van der Waals surface area contributed by atoms with Gasteiger partial charge in [0.2, 0.25) is 0 Å². The standard InChI is InChI=1S/C10H14N2O/c1-3-11-12-4-2-8(5-10(1)12)9-6-13-7-9/h1,3,8-9H,2,4-7H2. The van der Waals surface area contributed by atoms with Crippen LogP contribution < -0.4 is 0 Å². The van der Waals surface area contributed by atoms with Gasteiger partial charge >= 0.3 is 0 Å². The molecule has 0 spiro atoms. The lowest BCUT2D eigenvalue weighted by Gasteiger charge is -2.36. The van der Waals surface area contributed by atoms with Crippen LogP contribution in [0.2, 0.25) is 0 Å².